The largest absolute Gasteiger partial charge is 0.322 e. The summed E-state index contributed by atoms with van der Waals surface area (Å²) in [4.78, 5) is 17.3. The average Bonchev–Trinajstić information content (AvgIpc) is 3.36. The molecule has 9 heteroatoms. The molecule has 3 aromatic rings. The van der Waals surface area contributed by atoms with Crippen LogP contribution >= 0.6 is 0 Å². The molecule has 2 heterocycles. The first-order chi connectivity index (χ1) is 14.5. The van der Waals surface area contributed by atoms with Crippen LogP contribution in [0.2, 0.25) is 0 Å². The van der Waals surface area contributed by atoms with Gasteiger partial charge in [-0.2, -0.15) is 5.10 Å². The summed E-state index contributed by atoms with van der Waals surface area (Å²) in [5.41, 5.74) is 2.35. The molecule has 30 heavy (non-hydrogen) atoms. The van der Waals surface area contributed by atoms with Gasteiger partial charge in [0, 0.05) is 29.3 Å². The predicted molar refractivity (Wildman–Crippen MR) is 114 cm³/mol. The number of sulfonamides is 1. The van der Waals surface area contributed by atoms with Gasteiger partial charge >= 0.3 is 0 Å². The molecule has 1 amide bonds. The minimum atomic E-state index is -3.29. The van der Waals surface area contributed by atoms with Crippen LogP contribution in [0.15, 0.2) is 48.5 Å². The van der Waals surface area contributed by atoms with E-state index in [4.69, 9.17) is 0 Å². The highest BCUT2D eigenvalue weighted by Crippen LogP contribution is 2.38. The highest BCUT2D eigenvalue weighted by Gasteiger charge is 2.29. The summed E-state index contributed by atoms with van der Waals surface area (Å²) in [7, 11) is -3.29. The van der Waals surface area contributed by atoms with Gasteiger partial charge in [0.2, 0.25) is 10.0 Å². The average molecular weight is 423 g/mol. The Kier molecular flexibility index (Phi) is 4.54. The zero-order valence-corrected chi connectivity index (χ0v) is 17.0. The number of rotatable bonds is 5. The van der Waals surface area contributed by atoms with Gasteiger partial charge < -0.3 is 5.32 Å². The fraction of sp³-hybridized carbons (Fsp3) is 0.286. The number of carbonyl (C=O) groups is 1. The second kappa shape index (κ2) is 7.24. The number of nitrogens with zero attached hydrogens (tertiary/aromatic N) is 3. The van der Waals surface area contributed by atoms with Crippen LogP contribution in [0.4, 0.5) is 11.4 Å². The summed E-state index contributed by atoms with van der Waals surface area (Å²) in [5, 5.41) is 10.1. The molecule has 2 fully saturated rings. The van der Waals surface area contributed by atoms with Crippen LogP contribution in [0.1, 0.15) is 41.4 Å². The van der Waals surface area contributed by atoms with E-state index in [0.717, 1.165) is 24.2 Å². The molecule has 1 saturated heterocycles. The van der Waals surface area contributed by atoms with Gasteiger partial charge in [0.15, 0.2) is 5.82 Å². The van der Waals surface area contributed by atoms with Gasteiger partial charge in [-0.1, -0.05) is 18.2 Å². The summed E-state index contributed by atoms with van der Waals surface area (Å²) in [6, 6.07) is 14.0. The van der Waals surface area contributed by atoms with E-state index in [0.29, 0.717) is 41.6 Å². The normalized spacial score (nSPS) is 17.8. The summed E-state index contributed by atoms with van der Waals surface area (Å²) >= 11 is 0. The van der Waals surface area contributed by atoms with Crippen molar-refractivity contribution in [2.24, 2.45) is 0 Å². The number of hydrogen-bond acceptors (Lipinski definition) is 5. The first-order valence-corrected chi connectivity index (χ1v) is 11.6. The second-order valence-corrected chi connectivity index (χ2v) is 9.66. The van der Waals surface area contributed by atoms with E-state index in [-0.39, 0.29) is 11.7 Å². The quantitative estimate of drug-likeness (QED) is 0.655. The van der Waals surface area contributed by atoms with Crippen LogP contribution in [0.5, 0.6) is 0 Å². The lowest BCUT2D eigenvalue weighted by atomic mass is 10.1. The predicted octanol–water partition coefficient (Wildman–Crippen LogP) is 3.14. The van der Waals surface area contributed by atoms with Crippen molar-refractivity contribution < 1.29 is 13.2 Å². The van der Waals surface area contributed by atoms with Crippen LogP contribution in [-0.2, 0) is 10.0 Å². The van der Waals surface area contributed by atoms with Gasteiger partial charge in [0.25, 0.3) is 5.91 Å². The number of carbonyl (C=O) groups excluding carboxylic acids is 1. The summed E-state index contributed by atoms with van der Waals surface area (Å²) in [6.07, 6.45) is 2.88. The molecular formula is C21H21N5O3S. The molecule has 5 rings (SSSR count). The van der Waals surface area contributed by atoms with Gasteiger partial charge in [0.05, 0.1) is 11.4 Å². The van der Waals surface area contributed by atoms with Crippen LogP contribution in [-0.4, -0.2) is 41.8 Å². The van der Waals surface area contributed by atoms with E-state index < -0.39 is 10.0 Å². The Hall–Kier alpha value is -3.20. The number of aromatic nitrogens is 3. The molecule has 0 radical (unpaired) electrons. The first-order valence-electron chi connectivity index (χ1n) is 9.94. The van der Waals surface area contributed by atoms with E-state index in [9.17, 15) is 13.2 Å². The molecule has 8 nitrogen and oxygen atoms in total. The Labute approximate surface area is 174 Å². The number of benzene rings is 2. The molecule has 0 spiro atoms. The molecule has 154 valence electrons. The fourth-order valence-electron chi connectivity index (χ4n) is 3.61. The van der Waals surface area contributed by atoms with Crippen LogP contribution in [0.3, 0.4) is 0 Å². The fourth-order valence-corrected chi connectivity index (χ4v) is 5.17. The monoisotopic (exact) mass is 423 g/mol. The highest BCUT2D eigenvalue weighted by atomic mass is 32.2. The smallest absolute Gasteiger partial charge is 0.255 e. The maximum atomic E-state index is 12.8. The molecule has 2 aliphatic rings. The molecule has 0 bridgehead atoms. The molecule has 1 saturated carbocycles. The molecule has 2 N–H and O–H groups in total. The number of nitrogens with one attached hydrogen (secondary N) is 2. The van der Waals surface area contributed by atoms with Crippen molar-refractivity contribution in [2.75, 3.05) is 21.9 Å². The maximum Gasteiger partial charge on any atom is 0.255 e. The molecule has 0 unspecified atom stereocenters. The van der Waals surface area contributed by atoms with Crippen molar-refractivity contribution in [2.45, 2.75) is 25.2 Å². The van der Waals surface area contributed by atoms with Gasteiger partial charge in [-0.25, -0.2) is 13.4 Å². The molecule has 1 aliphatic carbocycles. The van der Waals surface area contributed by atoms with Crippen molar-refractivity contribution >= 4 is 27.3 Å². The molecule has 2 aromatic carbocycles. The van der Waals surface area contributed by atoms with E-state index in [1.165, 1.54) is 4.31 Å². The lowest BCUT2D eigenvalue weighted by molar-refractivity contribution is 0.102. The number of aromatic amines is 1. The number of anilines is 2. The molecule has 0 atom stereocenters. The molecular weight excluding hydrogens is 402 g/mol. The van der Waals surface area contributed by atoms with Crippen LogP contribution in [0, 0.1) is 0 Å². The summed E-state index contributed by atoms with van der Waals surface area (Å²) < 4.78 is 25.7. The third-order valence-electron chi connectivity index (χ3n) is 5.34. The zero-order chi connectivity index (χ0) is 20.7. The number of H-pyrrole nitrogens is 1. The minimum Gasteiger partial charge on any atom is -0.322 e. The SMILES string of the molecule is O=C(Nc1cccc(-c2n[nH]c(C3CC3)n2)c1)c1cccc(N2CCCS2(=O)=O)c1. The Morgan fingerprint density at radius 3 is 2.73 bits per heavy atom. The molecule has 1 aliphatic heterocycles. The van der Waals surface area contributed by atoms with Gasteiger partial charge in [-0.05, 0) is 49.6 Å². The Balaban J connectivity index is 1.35. The van der Waals surface area contributed by atoms with Crippen LogP contribution in [0.25, 0.3) is 11.4 Å². The lowest BCUT2D eigenvalue weighted by Gasteiger charge is -2.17. The van der Waals surface area contributed by atoms with Crippen molar-refractivity contribution in [3.8, 4) is 11.4 Å². The zero-order valence-electron chi connectivity index (χ0n) is 16.2. The number of hydrogen-bond donors (Lipinski definition) is 2. The third kappa shape index (κ3) is 3.68. The van der Waals surface area contributed by atoms with Crippen molar-refractivity contribution in [3.05, 3.63) is 59.9 Å². The molecule has 1 aromatic heterocycles. The van der Waals surface area contributed by atoms with Gasteiger partial charge in [0.1, 0.15) is 5.82 Å². The second-order valence-electron chi connectivity index (χ2n) is 7.65. The Bertz CT molecular complexity index is 1220. The van der Waals surface area contributed by atoms with Gasteiger partial charge in [-0.3, -0.25) is 14.2 Å². The lowest BCUT2D eigenvalue weighted by Crippen LogP contribution is -2.25. The Morgan fingerprint density at radius 1 is 1.13 bits per heavy atom. The van der Waals surface area contributed by atoms with E-state index in [1.807, 2.05) is 18.2 Å². The highest BCUT2D eigenvalue weighted by molar-refractivity contribution is 7.93. The van der Waals surface area contributed by atoms with E-state index >= 15 is 0 Å². The van der Waals surface area contributed by atoms with E-state index in [2.05, 4.69) is 20.5 Å². The van der Waals surface area contributed by atoms with Crippen LogP contribution < -0.4 is 9.62 Å². The van der Waals surface area contributed by atoms with Gasteiger partial charge in [-0.15, -0.1) is 0 Å². The minimum absolute atomic E-state index is 0.139. The maximum absolute atomic E-state index is 12.8. The summed E-state index contributed by atoms with van der Waals surface area (Å²) in [6.45, 7) is 0.439. The first kappa shape index (κ1) is 18.8. The van der Waals surface area contributed by atoms with Crippen molar-refractivity contribution in [3.63, 3.8) is 0 Å². The standard InChI is InChI=1S/C21H21N5O3S/c27-21(16-5-2-7-18(13-16)26-10-3-11-30(26,28)29)22-17-6-1-4-15(12-17)20-23-19(24-25-20)14-8-9-14/h1-2,4-7,12-14H,3,8-11H2,(H,22,27)(H,23,24,25). The van der Waals surface area contributed by atoms with E-state index in [1.54, 1.807) is 30.3 Å². The summed E-state index contributed by atoms with van der Waals surface area (Å²) in [5.74, 6) is 1.84. The topological polar surface area (TPSA) is 108 Å². The third-order valence-corrected chi connectivity index (χ3v) is 7.21. The Morgan fingerprint density at radius 2 is 1.97 bits per heavy atom. The number of amides is 1. The van der Waals surface area contributed by atoms with Crippen molar-refractivity contribution in [1.29, 1.82) is 0 Å². The van der Waals surface area contributed by atoms with Crippen molar-refractivity contribution in [1.82, 2.24) is 15.2 Å².